The van der Waals surface area contributed by atoms with Gasteiger partial charge in [0.05, 0.1) is 17.7 Å². The van der Waals surface area contributed by atoms with E-state index in [0.29, 0.717) is 26.6 Å². The first-order valence-corrected chi connectivity index (χ1v) is 9.59. The van der Waals surface area contributed by atoms with E-state index in [-0.39, 0.29) is 5.91 Å². The summed E-state index contributed by atoms with van der Waals surface area (Å²) in [4.78, 5) is 17.2. The third kappa shape index (κ3) is 4.13. The van der Waals surface area contributed by atoms with Crippen LogP contribution in [0.4, 0.5) is 5.69 Å². The number of furan rings is 1. The van der Waals surface area contributed by atoms with Gasteiger partial charge in [-0.05, 0) is 60.3 Å². The fourth-order valence-corrected chi connectivity index (χ4v) is 3.62. The number of ether oxygens (including phenoxy) is 1. The summed E-state index contributed by atoms with van der Waals surface area (Å²) in [6, 6.07) is 18.4. The molecule has 0 aliphatic carbocycles. The molecule has 1 aromatic heterocycles. The smallest absolute Gasteiger partial charge is 0.264 e. The number of thioether (sulfide) groups is 1. The van der Waals surface area contributed by atoms with Gasteiger partial charge in [-0.1, -0.05) is 23.7 Å². The van der Waals surface area contributed by atoms with Crippen LogP contribution in [0, 0.1) is 0 Å². The monoisotopic (exact) mass is 410 g/mol. The van der Waals surface area contributed by atoms with Crippen LogP contribution in [0.2, 0.25) is 5.02 Å². The Morgan fingerprint density at radius 1 is 1.14 bits per heavy atom. The highest BCUT2D eigenvalue weighted by molar-refractivity contribution is 8.18. The minimum Gasteiger partial charge on any atom is -0.497 e. The highest BCUT2D eigenvalue weighted by atomic mass is 35.5. The lowest BCUT2D eigenvalue weighted by Gasteiger charge is -1.99. The maximum Gasteiger partial charge on any atom is 0.264 e. The van der Waals surface area contributed by atoms with Crippen molar-refractivity contribution in [3.8, 4) is 17.1 Å². The number of hydrogen-bond donors (Lipinski definition) is 1. The summed E-state index contributed by atoms with van der Waals surface area (Å²) in [6.07, 6.45) is 1.70. The van der Waals surface area contributed by atoms with Crippen molar-refractivity contribution in [3.63, 3.8) is 0 Å². The van der Waals surface area contributed by atoms with Crippen LogP contribution in [0.3, 0.4) is 0 Å². The molecule has 0 bridgehead atoms. The number of hydrogen-bond acceptors (Lipinski definition) is 5. The highest BCUT2D eigenvalue weighted by Crippen LogP contribution is 2.31. The molecule has 1 aliphatic heterocycles. The average Bonchev–Trinajstić information content (AvgIpc) is 3.29. The van der Waals surface area contributed by atoms with Gasteiger partial charge in [0.25, 0.3) is 5.91 Å². The third-order valence-corrected chi connectivity index (χ3v) is 5.11. The van der Waals surface area contributed by atoms with Gasteiger partial charge in [0, 0.05) is 16.7 Å². The predicted molar refractivity (Wildman–Crippen MR) is 113 cm³/mol. The lowest BCUT2D eigenvalue weighted by atomic mass is 10.2. The van der Waals surface area contributed by atoms with Crippen molar-refractivity contribution in [1.29, 1.82) is 0 Å². The van der Waals surface area contributed by atoms with E-state index in [9.17, 15) is 4.79 Å². The zero-order chi connectivity index (χ0) is 19.5. The van der Waals surface area contributed by atoms with E-state index in [1.165, 1.54) is 11.8 Å². The van der Waals surface area contributed by atoms with E-state index in [1.807, 2.05) is 54.6 Å². The molecule has 5 nitrogen and oxygen atoms in total. The van der Waals surface area contributed by atoms with Crippen LogP contribution >= 0.6 is 23.4 Å². The van der Waals surface area contributed by atoms with E-state index >= 15 is 0 Å². The topological polar surface area (TPSA) is 63.8 Å². The van der Waals surface area contributed by atoms with Crippen molar-refractivity contribution in [2.75, 3.05) is 7.11 Å². The van der Waals surface area contributed by atoms with Gasteiger partial charge in [-0.15, -0.1) is 0 Å². The summed E-state index contributed by atoms with van der Waals surface area (Å²) in [6.45, 7) is 0. The molecule has 28 heavy (non-hydrogen) atoms. The zero-order valence-corrected chi connectivity index (χ0v) is 16.4. The lowest BCUT2D eigenvalue weighted by molar-refractivity contribution is -0.115. The number of aliphatic imine (C=N–C) groups is 1. The Bertz CT molecular complexity index is 1090. The Balaban J connectivity index is 1.52. The van der Waals surface area contributed by atoms with Crippen LogP contribution in [0.25, 0.3) is 17.4 Å². The summed E-state index contributed by atoms with van der Waals surface area (Å²) in [5.74, 6) is 1.81. The summed E-state index contributed by atoms with van der Waals surface area (Å²) >= 11 is 7.29. The van der Waals surface area contributed by atoms with E-state index in [0.717, 1.165) is 17.0 Å². The second kappa shape index (κ2) is 7.96. The van der Waals surface area contributed by atoms with Gasteiger partial charge in [0.2, 0.25) is 0 Å². The molecule has 4 rings (SSSR count). The number of rotatable bonds is 4. The Kier molecular flexibility index (Phi) is 5.23. The third-order valence-electron chi connectivity index (χ3n) is 3.96. The van der Waals surface area contributed by atoms with Crippen LogP contribution in [0.15, 0.2) is 75.0 Å². The molecule has 2 heterocycles. The SMILES string of the molecule is COc1ccc(N=C2NC(=O)C(=Cc3ccc(-c4cccc(Cl)c4)o3)S2)cc1. The molecule has 1 fully saturated rings. The second-order valence-corrected chi connectivity index (χ2v) is 7.36. The molecule has 0 unspecified atom stereocenters. The summed E-state index contributed by atoms with van der Waals surface area (Å²) in [5, 5.41) is 3.92. The van der Waals surface area contributed by atoms with Gasteiger partial charge in [-0.25, -0.2) is 4.99 Å². The minimum absolute atomic E-state index is 0.210. The van der Waals surface area contributed by atoms with Gasteiger partial charge in [-0.2, -0.15) is 0 Å². The number of methoxy groups -OCH3 is 1. The van der Waals surface area contributed by atoms with Gasteiger partial charge >= 0.3 is 0 Å². The summed E-state index contributed by atoms with van der Waals surface area (Å²) in [7, 11) is 1.61. The van der Waals surface area contributed by atoms with Gasteiger partial charge in [0.15, 0.2) is 5.17 Å². The molecule has 1 saturated heterocycles. The first-order valence-electron chi connectivity index (χ1n) is 8.40. The normalized spacial score (nSPS) is 16.6. The number of nitrogens with one attached hydrogen (secondary N) is 1. The standard InChI is InChI=1S/C21H15ClN2O3S/c1-26-16-7-5-15(6-8-16)23-21-24-20(25)19(28-21)12-17-9-10-18(27-17)13-3-2-4-14(22)11-13/h2-12H,1H3,(H,23,24,25). The molecule has 1 aliphatic rings. The second-order valence-electron chi connectivity index (χ2n) is 5.89. The van der Waals surface area contributed by atoms with Crippen LogP contribution in [0.5, 0.6) is 5.75 Å². The summed E-state index contributed by atoms with van der Waals surface area (Å²) in [5.41, 5.74) is 1.61. The molecule has 0 atom stereocenters. The largest absolute Gasteiger partial charge is 0.497 e. The Morgan fingerprint density at radius 3 is 2.71 bits per heavy atom. The van der Waals surface area contributed by atoms with Gasteiger partial charge < -0.3 is 14.5 Å². The van der Waals surface area contributed by atoms with Crippen LogP contribution in [-0.2, 0) is 4.79 Å². The zero-order valence-electron chi connectivity index (χ0n) is 14.8. The average molecular weight is 411 g/mol. The maximum absolute atomic E-state index is 12.2. The van der Waals surface area contributed by atoms with Crippen molar-refractivity contribution in [2.45, 2.75) is 0 Å². The minimum atomic E-state index is -0.210. The Labute approximate surface area is 171 Å². The van der Waals surface area contributed by atoms with E-state index in [2.05, 4.69) is 10.3 Å². The van der Waals surface area contributed by atoms with Crippen LogP contribution in [0.1, 0.15) is 5.76 Å². The van der Waals surface area contributed by atoms with Crippen LogP contribution < -0.4 is 10.1 Å². The first-order chi connectivity index (χ1) is 13.6. The number of benzene rings is 2. The number of carbonyl (C=O) groups excluding carboxylic acids is 1. The highest BCUT2D eigenvalue weighted by Gasteiger charge is 2.24. The lowest BCUT2D eigenvalue weighted by Crippen LogP contribution is -2.19. The van der Waals surface area contributed by atoms with E-state index in [4.69, 9.17) is 20.8 Å². The molecule has 0 spiro atoms. The molecule has 0 radical (unpaired) electrons. The van der Waals surface area contributed by atoms with Crippen molar-refractivity contribution in [3.05, 3.63) is 76.4 Å². The number of amidine groups is 1. The number of amides is 1. The molecular formula is C21H15ClN2O3S. The van der Waals surface area contributed by atoms with Crippen molar-refractivity contribution >= 4 is 46.2 Å². The van der Waals surface area contributed by atoms with Crippen LogP contribution in [-0.4, -0.2) is 18.2 Å². The molecule has 140 valence electrons. The number of halogens is 1. The molecular weight excluding hydrogens is 396 g/mol. The fraction of sp³-hybridized carbons (Fsp3) is 0.0476. The quantitative estimate of drug-likeness (QED) is 0.577. The number of nitrogens with zero attached hydrogens (tertiary/aromatic N) is 1. The van der Waals surface area contributed by atoms with Gasteiger partial charge in [0.1, 0.15) is 17.3 Å². The van der Waals surface area contributed by atoms with Crippen molar-refractivity contribution in [2.24, 2.45) is 4.99 Å². The fourth-order valence-electron chi connectivity index (χ4n) is 2.61. The Morgan fingerprint density at radius 2 is 1.96 bits per heavy atom. The first kappa shape index (κ1) is 18.4. The molecule has 1 N–H and O–H groups in total. The van der Waals surface area contributed by atoms with Crippen molar-refractivity contribution < 1.29 is 13.9 Å². The molecule has 2 aromatic carbocycles. The maximum atomic E-state index is 12.2. The molecule has 7 heteroatoms. The molecule has 0 saturated carbocycles. The molecule has 1 amide bonds. The molecule has 3 aromatic rings. The van der Waals surface area contributed by atoms with E-state index < -0.39 is 0 Å². The Hall–Kier alpha value is -2.96. The summed E-state index contributed by atoms with van der Waals surface area (Å²) < 4.78 is 11.0. The van der Waals surface area contributed by atoms with Crippen molar-refractivity contribution in [1.82, 2.24) is 5.32 Å². The van der Waals surface area contributed by atoms with Gasteiger partial charge in [-0.3, -0.25) is 4.79 Å². The number of carbonyl (C=O) groups is 1. The predicted octanol–water partition coefficient (Wildman–Crippen LogP) is 5.50. The van der Waals surface area contributed by atoms with E-state index in [1.54, 1.807) is 19.3 Å².